The van der Waals surface area contributed by atoms with Crippen molar-refractivity contribution in [3.8, 4) is 0 Å². The molecular formula is C22H34F2IN3O2. The van der Waals surface area contributed by atoms with Gasteiger partial charge in [-0.25, -0.2) is 8.78 Å². The minimum absolute atomic E-state index is 0. The maximum absolute atomic E-state index is 14.0. The number of nitrogens with zero attached hydrogens (tertiary/aromatic N) is 2. The zero-order valence-electron chi connectivity index (χ0n) is 17.9. The fourth-order valence-electron chi connectivity index (χ4n) is 4.00. The summed E-state index contributed by atoms with van der Waals surface area (Å²) in [6, 6.07) is 3.75. The van der Waals surface area contributed by atoms with Crippen LogP contribution in [0.1, 0.15) is 50.5 Å². The monoisotopic (exact) mass is 537 g/mol. The molecule has 0 bridgehead atoms. The van der Waals surface area contributed by atoms with Gasteiger partial charge in [0.25, 0.3) is 0 Å². The van der Waals surface area contributed by atoms with Crippen LogP contribution in [0.15, 0.2) is 23.2 Å². The van der Waals surface area contributed by atoms with E-state index in [1.807, 2.05) is 6.92 Å². The van der Waals surface area contributed by atoms with E-state index >= 15 is 0 Å². The highest BCUT2D eigenvalue weighted by Crippen LogP contribution is 2.20. The van der Waals surface area contributed by atoms with Crippen LogP contribution in [0.25, 0.3) is 0 Å². The van der Waals surface area contributed by atoms with Gasteiger partial charge in [0.05, 0.1) is 18.8 Å². The van der Waals surface area contributed by atoms with Crippen molar-refractivity contribution >= 4 is 29.9 Å². The van der Waals surface area contributed by atoms with Crippen LogP contribution < -0.4 is 5.32 Å². The summed E-state index contributed by atoms with van der Waals surface area (Å²) in [5.74, 6) is -0.339. The number of rotatable bonds is 6. The van der Waals surface area contributed by atoms with Crippen LogP contribution >= 0.6 is 24.0 Å². The first kappa shape index (κ1) is 25.3. The highest BCUT2D eigenvalue weighted by molar-refractivity contribution is 14.0. The van der Waals surface area contributed by atoms with Gasteiger partial charge in [0, 0.05) is 45.3 Å². The lowest BCUT2D eigenvalue weighted by Gasteiger charge is -2.35. The summed E-state index contributed by atoms with van der Waals surface area (Å²) in [4.78, 5) is 6.59. The average molecular weight is 537 g/mol. The van der Waals surface area contributed by atoms with Crippen LogP contribution in [0, 0.1) is 11.6 Å². The van der Waals surface area contributed by atoms with E-state index in [1.165, 1.54) is 18.6 Å². The zero-order valence-corrected chi connectivity index (χ0v) is 20.2. The molecule has 170 valence electrons. The molecule has 2 heterocycles. The molecule has 0 saturated carbocycles. The van der Waals surface area contributed by atoms with E-state index in [0.29, 0.717) is 18.7 Å². The van der Waals surface area contributed by atoms with Gasteiger partial charge in [-0.1, -0.05) is 13.0 Å². The van der Waals surface area contributed by atoms with Gasteiger partial charge < -0.3 is 19.7 Å². The van der Waals surface area contributed by atoms with Gasteiger partial charge in [-0.3, -0.25) is 4.99 Å². The normalized spacial score (nSPS) is 21.8. The van der Waals surface area contributed by atoms with Gasteiger partial charge in [0.2, 0.25) is 0 Å². The Hall–Kier alpha value is -1.00. The quantitative estimate of drug-likeness (QED) is 0.334. The molecule has 2 aliphatic heterocycles. The van der Waals surface area contributed by atoms with Crippen molar-refractivity contribution in [3.63, 3.8) is 0 Å². The van der Waals surface area contributed by atoms with Crippen molar-refractivity contribution in [2.75, 3.05) is 39.9 Å². The van der Waals surface area contributed by atoms with Gasteiger partial charge in [0.15, 0.2) is 5.96 Å². The molecular weight excluding hydrogens is 503 g/mol. The third kappa shape index (κ3) is 7.30. The Bertz CT molecular complexity index is 678. The van der Waals surface area contributed by atoms with Crippen LogP contribution in [0.3, 0.4) is 0 Å². The second-order valence-corrected chi connectivity index (χ2v) is 8.00. The minimum atomic E-state index is -0.553. The Morgan fingerprint density at radius 2 is 2.03 bits per heavy atom. The van der Waals surface area contributed by atoms with E-state index in [-0.39, 0.29) is 42.1 Å². The number of halogens is 3. The van der Waals surface area contributed by atoms with Crippen LogP contribution in [0.4, 0.5) is 8.78 Å². The van der Waals surface area contributed by atoms with Crippen molar-refractivity contribution in [2.45, 2.75) is 57.2 Å². The molecule has 2 unspecified atom stereocenters. The van der Waals surface area contributed by atoms with Crippen molar-refractivity contribution in [1.29, 1.82) is 0 Å². The Morgan fingerprint density at radius 3 is 2.67 bits per heavy atom. The van der Waals surface area contributed by atoms with Crippen molar-refractivity contribution < 1.29 is 18.3 Å². The summed E-state index contributed by atoms with van der Waals surface area (Å²) in [6.45, 7) is 5.74. The van der Waals surface area contributed by atoms with Crippen molar-refractivity contribution in [2.24, 2.45) is 4.99 Å². The second kappa shape index (κ2) is 12.8. The maximum Gasteiger partial charge on any atom is 0.193 e. The third-order valence-electron chi connectivity index (χ3n) is 5.80. The number of hydrogen-bond acceptors (Lipinski definition) is 3. The molecule has 0 aromatic heterocycles. The molecule has 1 N–H and O–H groups in total. The summed E-state index contributed by atoms with van der Waals surface area (Å²) >= 11 is 0. The van der Waals surface area contributed by atoms with Gasteiger partial charge in [-0.05, 0) is 43.7 Å². The van der Waals surface area contributed by atoms with Crippen LogP contribution in [0.2, 0.25) is 0 Å². The van der Waals surface area contributed by atoms with E-state index in [0.717, 1.165) is 57.4 Å². The molecule has 1 aromatic carbocycles. The largest absolute Gasteiger partial charge is 0.376 e. The number of guanidine groups is 1. The lowest BCUT2D eigenvalue weighted by Crippen LogP contribution is -2.48. The van der Waals surface area contributed by atoms with E-state index in [9.17, 15) is 8.78 Å². The molecule has 0 radical (unpaired) electrons. The van der Waals surface area contributed by atoms with E-state index in [1.54, 1.807) is 7.05 Å². The highest BCUT2D eigenvalue weighted by atomic mass is 127. The summed E-state index contributed by atoms with van der Waals surface area (Å²) in [5.41, 5.74) is 0.506. The minimum Gasteiger partial charge on any atom is -0.376 e. The number of piperidine rings is 1. The van der Waals surface area contributed by atoms with Crippen LogP contribution in [-0.4, -0.2) is 63.0 Å². The summed E-state index contributed by atoms with van der Waals surface area (Å²) in [6.07, 6.45) is 5.92. The van der Waals surface area contributed by atoms with E-state index < -0.39 is 11.6 Å². The molecule has 1 aromatic rings. The predicted molar refractivity (Wildman–Crippen MR) is 126 cm³/mol. The Morgan fingerprint density at radius 1 is 1.27 bits per heavy atom. The van der Waals surface area contributed by atoms with Gasteiger partial charge in [0.1, 0.15) is 11.6 Å². The Kier molecular flexibility index (Phi) is 10.7. The molecule has 5 nitrogen and oxygen atoms in total. The maximum atomic E-state index is 14.0. The first-order valence-corrected chi connectivity index (χ1v) is 10.7. The summed E-state index contributed by atoms with van der Waals surface area (Å²) < 4.78 is 38.9. The number of hydrogen-bond donors (Lipinski definition) is 1. The third-order valence-corrected chi connectivity index (χ3v) is 5.80. The van der Waals surface area contributed by atoms with Gasteiger partial charge >= 0.3 is 0 Å². The number of benzene rings is 1. The molecule has 3 rings (SSSR count). The van der Waals surface area contributed by atoms with E-state index in [2.05, 4.69) is 15.2 Å². The highest BCUT2D eigenvalue weighted by Gasteiger charge is 2.24. The first-order chi connectivity index (χ1) is 14.1. The summed E-state index contributed by atoms with van der Waals surface area (Å²) in [7, 11) is 1.76. The topological polar surface area (TPSA) is 46.1 Å². The number of aliphatic imine (C=N–C) groups is 1. The predicted octanol–water partition coefficient (Wildman–Crippen LogP) is 4.31. The SMILES string of the molecule is CN=C(NCC(C)c1ccc(F)cc1F)N1CCC(OCC2CCCCO2)CC1.I. The Labute approximate surface area is 195 Å². The zero-order chi connectivity index (χ0) is 20.6. The number of nitrogens with one attached hydrogen (secondary N) is 1. The molecule has 2 saturated heterocycles. The number of ether oxygens (including phenoxy) is 2. The molecule has 0 aliphatic carbocycles. The van der Waals surface area contributed by atoms with Gasteiger partial charge in [-0.15, -0.1) is 24.0 Å². The van der Waals surface area contributed by atoms with Crippen LogP contribution in [-0.2, 0) is 9.47 Å². The van der Waals surface area contributed by atoms with E-state index in [4.69, 9.17) is 9.47 Å². The Balaban J connectivity index is 0.00000320. The fourth-order valence-corrected chi connectivity index (χ4v) is 4.00. The number of likely N-dealkylation sites (tertiary alicyclic amines) is 1. The molecule has 2 aliphatic rings. The molecule has 0 spiro atoms. The van der Waals surface area contributed by atoms with Gasteiger partial charge in [-0.2, -0.15) is 0 Å². The summed E-state index contributed by atoms with van der Waals surface area (Å²) in [5, 5.41) is 3.33. The lowest BCUT2D eigenvalue weighted by molar-refractivity contribution is -0.0721. The molecule has 0 amide bonds. The van der Waals surface area contributed by atoms with Crippen molar-refractivity contribution in [1.82, 2.24) is 10.2 Å². The molecule has 8 heteroatoms. The smallest absolute Gasteiger partial charge is 0.193 e. The average Bonchev–Trinajstić information content (AvgIpc) is 2.74. The lowest BCUT2D eigenvalue weighted by atomic mass is 10.0. The molecule has 2 fully saturated rings. The van der Waals surface area contributed by atoms with Crippen molar-refractivity contribution in [3.05, 3.63) is 35.4 Å². The second-order valence-electron chi connectivity index (χ2n) is 8.00. The fraction of sp³-hybridized carbons (Fsp3) is 0.682. The van der Waals surface area contributed by atoms with Crippen LogP contribution in [0.5, 0.6) is 0 Å². The molecule has 2 atom stereocenters. The molecule has 30 heavy (non-hydrogen) atoms. The standard InChI is InChI=1S/C22H33F2N3O2.HI/c1-16(20-7-6-17(23)13-21(20)24)14-26-22(25-2)27-10-8-18(9-11-27)29-15-19-5-3-4-12-28-19;/h6-7,13,16,18-19H,3-5,8-12,14-15H2,1-2H3,(H,25,26);1H. The first-order valence-electron chi connectivity index (χ1n) is 10.7.